The van der Waals surface area contributed by atoms with Crippen molar-refractivity contribution in [3.8, 4) is 0 Å². The molecule has 0 saturated carbocycles. The Morgan fingerprint density at radius 2 is 2.40 bits per heavy atom. The fourth-order valence-electron chi connectivity index (χ4n) is 2.77. The van der Waals surface area contributed by atoms with Gasteiger partial charge in [-0.15, -0.1) is 0 Å². The van der Waals surface area contributed by atoms with Crippen LogP contribution in [0, 0.1) is 5.92 Å². The number of hydrogen-bond acceptors (Lipinski definition) is 4. The number of aromatic nitrogens is 2. The van der Waals surface area contributed by atoms with Crippen LogP contribution in [0.5, 0.6) is 0 Å². The van der Waals surface area contributed by atoms with E-state index in [1.165, 1.54) is 5.56 Å². The molecule has 0 N–H and O–H groups in total. The molecule has 1 aliphatic heterocycles. The third-order valence-corrected chi connectivity index (χ3v) is 3.68. The molecular weight excluding hydrogens is 254 g/mol. The maximum Gasteiger partial charge on any atom is 0.122 e. The first-order valence-electron chi connectivity index (χ1n) is 7.16. The maximum atomic E-state index is 5.62. The van der Waals surface area contributed by atoms with Gasteiger partial charge in [-0.3, -0.25) is 4.90 Å². The van der Waals surface area contributed by atoms with Crippen LogP contribution in [0.4, 0.5) is 0 Å². The molecule has 5 nitrogen and oxygen atoms in total. The molecule has 0 fully saturated rings. The van der Waals surface area contributed by atoms with Gasteiger partial charge in [-0.05, 0) is 13.0 Å². The van der Waals surface area contributed by atoms with Gasteiger partial charge in [-0.25, -0.2) is 4.98 Å². The molecule has 108 valence electrons. The van der Waals surface area contributed by atoms with E-state index < -0.39 is 0 Å². The number of fused-ring (bicyclic) bond motifs is 1. The first kappa shape index (κ1) is 13.4. The SMILES string of the molecule is CCOC[C@@H]1CN(Cc2ccoc2)Cc2nccn2C1. The fraction of sp³-hybridized carbons (Fsp3) is 0.533. The second kappa shape index (κ2) is 6.24. The quantitative estimate of drug-likeness (QED) is 0.838. The number of nitrogens with zero attached hydrogens (tertiary/aromatic N) is 3. The summed E-state index contributed by atoms with van der Waals surface area (Å²) in [7, 11) is 0. The molecule has 1 atom stereocenters. The van der Waals surface area contributed by atoms with Crippen molar-refractivity contribution in [2.24, 2.45) is 5.92 Å². The number of imidazole rings is 1. The minimum absolute atomic E-state index is 0.498. The van der Waals surface area contributed by atoms with E-state index in [-0.39, 0.29) is 0 Å². The van der Waals surface area contributed by atoms with Crippen LogP contribution in [-0.2, 0) is 24.4 Å². The molecule has 1 aliphatic rings. The van der Waals surface area contributed by atoms with Crippen LogP contribution in [-0.4, -0.2) is 34.2 Å². The number of rotatable bonds is 5. The van der Waals surface area contributed by atoms with E-state index in [9.17, 15) is 0 Å². The molecule has 2 aromatic rings. The Bertz CT molecular complexity index is 521. The molecule has 0 saturated heterocycles. The highest BCUT2D eigenvalue weighted by Gasteiger charge is 2.22. The second-order valence-corrected chi connectivity index (χ2v) is 5.32. The Labute approximate surface area is 119 Å². The lowest BCUT2D eigenvalue weighted by atomic mass is 10.1. The van der Waals surface area contributed by atoms with E-state index in [4.69, 9.17) is 9.15 Å². The molecule has 3 rings (SSSR count). The van der Waals surface area contributed by atoms with Crippen LogP contribution in [0.25, 0.3) is 0 Å². The Hall–Kier alpha value is -1.59. The van der Waals surface area contributed by atoms with Crippen molar-refractivity contribution in [2.45, 2.75) is 26.6 Å². The largest absolute Gasteiger partial charge is 0.472 e. The normalized spacial score (nSPS) is 19.8. The van der Waals surface area contributed by atoms with Gasteiger partial charge in [0.25, 0.3) is 0 Å². The summed E-state index contributed by atoms with van der Waals surface area (Å²) in [6.45, 7) is 7.40. The lowest BCUT2D eigenvalue weighted by molar-refractivity contribution is 0.0851. The summed E-state index contributed by atoms with van der Waals surface area (Å²) < 4.78 is 13.0. The summed E-state index contributed by atoms with van der Waals surface area (Å²) >= 11 is 0. The summed E-state index contributed by atoms with van der Waals surface area (Å²) in [5.74, 6) is 1.63. The van der Waals surface area contributed by atoms with Crippen molar-refractivity contribution in [3.63, 3.8) is 0 Å². The predicted molar refractivity (Wildman–Crippen MR) is 75.0 cm³/mol. The molecule has 0 aliphatic carbocycles. The van der Waals surface area contributed by atoms with Crippen LogP contribution in [0.1, 0.15) is 18.3 Å². The molecule has 0 aromatic carbocycles. The van der Waals surface area contributed by atoms with Crippen LogP contribution in [0.3, 0.4) is 0 Å². The standard InChI is InChI=1S/C15H21N3O2/c1-2-19-12-14-8-17(7-13-3-6-20-11-13)10-15-16-4-5-18(15)9-14/h3-6,11,14H,2,7-10,12H2,1H3/t14-/m1/s1. The van der Waals surface area contributed by atoms with Gasteiger partial charge in [0.1, 0.15) is 5.82 Å². The third-order valence-electron chi connectivity index (χ3n) is 3.68. The third kappa shape index (κ3) is 3.11. The van der Waals surface area contributed by atoms with Crippen molar-refractivity contribution in [1.29, 1.82) is 0 Å². The van der Waals surface area contributed by atoms with Gasteiger partial charge in [0.2, 0.25) is 0 Å². The summed E-state index contributed by atoms with van der Waals surface area (Å²) in [6, 6.07) is 2.02. The zero-order valence-corrected chi connectivity index (χ0v) is 11.9. The minimum atomic E-state index is 0.498. The summed E-state index contributed by atoms with van der Waals surface area (Å²) in [5, 5.41) is 0. The van der Waals surface area contributed by atoms with Gasteiger partial charge < -0.3 is 13.7 Å². The number of furan rings is 1. The summed E-state index contributed by atoms with van der Waals surface area (Å²) in [5.41, 5.74) is 1.21. The van der Waals surface area contributed by atoms with Crippen LogP contribution >= 0.6 is 0 Å². The van der Waals surface area contributed by atoms with E-state index in [0.717, 1.165) is 45.2 Å². The van der Waals surface area contributed by atoms with Crippen molar-refractivity contribution < 1.29 is 9.15 Å². The van der Waals surface area contributed by atoms with E-state index >= 15 is 0 Å². The first-order chi connectivity index (χ1) is 9.85. The number of ether oxygens (including phenoxy) is 1. The maximum absolute atomic E-state index is 5.62. The molecule has 3 heterocycles. The highest BCUT2D eigenvalue weighted by atomic mass is 16.5. The van der Waals surface area contributed by atoms with Crippen LogP contribution in [0.15, 0.2) is 35.4 Å². The van der Waals surface area contributed by atoms with Crippen molar-refractivity contribution in [3.05, 3.63) is 42.4 Å². The van der Waals surface area contributed by atoms with Crippen LogP contribution in [0.2, 0.25) is 0 Å². The van der Waals surface area contributed by atoms with E-state index in [1.807, 2.05) is 25.5 Å². The Balaban J connectivity index is 1.73. The molecule has 0 amide bonds. The van der Waals surface area contributed by atoms with Crippen molar-refractivity contribution in [1.82, 2.24) is 14.5 Å². The lowest BCUT2D eigenvalue weighted by Gasteiger charge is -2.23. The van der Waals surface area contributed by atoms with E-state index in [1.54, 1.807) is 6.26 Å². The van der Waals surface area contributed by atoms with E-state index in [0.29, 0.717) is 5.92 Å². The van der Waals surface area contributed by atoms with Gasteiger partial charge in [0.15, 0.2) is 0 Å². The van der Waals surface area contributed by atoms with Gasteiger partial charge in [0.05, 0.1) is 25.7 Å². The van der Waals surface area contributed by atoms with Gasteiger partial charge in [-0.2, -0.15) is 0 Å². The molecule has 2 aromatic heterocycles. The molecule has 0 radical (unpaired) electrons. The zero-order valence-electron chi connectivity index (χ0n) is 11.9. The molecule has 0 bridgehead atoms. The Morgan fingerprint density at radius 3 is 3.20 bits per heavy atom. The van der Waals surface area contributed by atoms with Gasteiger partial charge >= 0.3 is 0 Å². The van der Waals surface area contributed by atoms with Crippen LogP contribution < -0.4 is 0 Å². The van der Waals surface area contributed by atoms with Crippen molar-refractivity contribution >= 4 is 0 Å². The van der Waals surface area contributed by atoms with Gasteiger partial charge in [0, 0.05) is 50.1 Å². The zero-order chi connectivity index (χ0) is 13.8. The number of hydrogen-bond donors (Lipinski definition) is 0. The summed E-state index contributed by atoms with van der Waals surface area (Å²) in [4.78, 5) is 6.89. The predicted octanol–water partition coefficient (Wildman–Crippen LogP) is 2.14. The van der Waals surface area contributed by atoms with E-state index in [2.05, 4.69) is 20.6 Å². The molecular formula is C15H21N3O2. The highest BCUT2D eigenvalue weighted by Crippen LogP contribution is 2.18. The first-order valence-corrected chi connectivity index (χ1v) is 7.16. The molecule has 0 spiro atoms. The average Bonchev–Trinajstić information content (AvgIpc) is 3.06. The lowest BCUT2D eigenvalue weighted by Crippen LogP contribution is -2.30. The highest BCUT2D eigenvalue weighted by molar-refractivity contribution is 5.06. The average molecular weight is 275 g/mol. The smallest absolute Gasteiger partial charge is 0.122 e. The molecule has 0 unspecified atom stereocenters. The molecule has 5 heteroatoms. The molecule has 20 heavy (non-hydrogen) atoms. The second-order valence-electron chi connectivity index (χ2n) is 5.32. The Morgan fingerprint density at radius 1 is 1.45 bits per heavy atom. The Kier molecular flexibility index (Phi) is 4.18. The minimum Gasteiger partial charge on any atom is -0.472 e. The summed E-state index contributed by atoms with van der Waals surface area (Å²) in [6.07, 6.45) is 7.49. The van der Waals surface area contributed by atoms with Crippen molar-refractivity contribution in [2.75, 3.05) is 19.8 Å². The monoisotopic (exact) mass is 275 g/mol. The van der Waals surface area contributed by atoms with Gasteiger partial charge in [-0.1, -0.05) is 0 Å². The topological polar surface area (TPSA) is 43.4 Å². The fourth-order valence-corrected chi connectivity index (χ4v) is 2.77.